The van der Waals surface area contributed by atoms with Crippen LogP contribution in [0.4, 0.5) is 5.82 Å². The van der Waals surface area contributed by atoms with E-state index < -0.39 is 11.9 Å². The zero-order valence-electron chi connectivity index (χ0n) is 10.9. The quantitative estimate of drug-likeness (QED) is 0.614. The van der Waals surface area contributed by atoms with E-state index in [1.165, 1.54) is 22.5 Å². The Labute approximate surface area is 118 Å². The van der Waals surface area contributed by atoms with E-state index in [0.717, 1.165) is 0 Å². The van der Waals surface area contributed by atoms with Crippen LogP contribution in [-0.2, 0) is 4.74 Å². The van der Waals surface area contributed by atoms with Gasteiger partial charge in [-0.3, -0.25) is 4.79 Å². The Hall–Kier alpha value is -2.29. The van der Waals surface area contributed by atoms with Gasteiger partial charge in [0, 0.05) is 6.20 Å². The topological polar surface area (TPSA) is 126 Å². The lowest BCUT2D eigenvalue weighted by Crippen LogP contribution is -2.14. The molecule has 20 heavy (non-hydrogen) atoms. The van der Waals surface area contributed by atoms with Crippen LogP contribution in [0.5, 0.6) is 0 Å². The minimum Gasteiger partial charge on any atom is -0.462 e. The van der Waals surface area contributed by atoms with Gasteiger partial charge in [0.2, 0.25) is 0 Å². The highest BCUT2D eigenvalue weighted by Crippen LogP contribution is 2.25. The van der Waals surface area contributed by atoms with Crippen LogP contribution in [0, 0.1) is 0 Å². The van der Waals surface area contributed by atoms with E-state index in [-0.39, 0.29) is 29.2 Å². The largest absolute Gasteiger partial charge is 0.462 e. The van der Waals surface area contributed by atoms with Crippen LogP contribution < -0.4 is 11.5 Å². The van der Waals surface area contributed by atoms with E-state index in [4.69, 9.17) is 16.2 Å². The number of nitrogens with two attached hydrogens (primary N) is 2. The Morgan fingerprint density at radius 2 is 2.20 bits per heavy atom. The van der Waals surface area contributed by atoms with E-state index in [1.807, 2.05) is 0 Å². The van der Waals surface area contributed by atoms with Gasteiger partial charge in [-0.25, -0.2) is 9.78 Å². The first kappa shape index (κ1) is 14.1. The molecule has 0 saturated heterocycles. The fourth-order valence-corrected chi connectivity index (χ4v) is 2.27. The van der Waals surface area contributed by atoms with Crippen molar-refractivity contribution in [2.75, 3.05) is 18.6 Å². The normalized spacial score (nSPS) is 10.7. The number of nitrogens with zero attached hydrogens (tertiary/aromatic N) is 3. The molecule has 0 bridgehead atoms. The molecule has 2 rings (SSSR count). The number of carbonyl (C=O) groups is 2. The van der Waals surface area contributed by atoms with Crippen molar-refractivity contribution in [2.24, 2.45) is 5.73 Å². The predicted octanol–water partition coefficient (Wildman–Crippen LogP) is 0.309. The van der Waals surface area contributed by atoms with Gasteiger partial charge < -0.3 is 16.2 Å². The minimum absolute atomic E-state index is 0.0521. The van der Waals surface area contributed by atoms with E-state index in [9.17, 15) is 9.59 Å². The van der Waals surface area contributed by atoms with E-state index in [2.05, 4.69) is 10.1 Å². The highest BCUT2D eigenvalue weighted by atomic mass is 32.2. The molecule has 0 aliphatic heterocycles. The number of carbonyl (C=O) groups excluding carboxylic acids is 2. The molecule has 0 unspecified atom stereocenters. The molecule has 0 spiro atoms. The molecule has 2 heterocycles. The fourth-order valence-electron chi connectivity index (χ4n) is 1.71. The Balaban J connectivity index is 2.69. The van der Waals surface area contributed by atoms with Crippen molar-refractivity contribution in [3.63, 3.8) is 0 Å². The average Bonchev–Trinajstić information content (AvgIpc) is 2.78. The number of fused-ring (bicyclic) bond motifs is 1. The monoisotopic (exact) mass is 295 g/mol. The van der Waals surface area contributed by atoms with Crippen LogP contribution >= 0.6 is 11.8 Å². The molecule has 0 aliphatic rings. The lowest BCUT2D eigenvalue weighted by atomic mass is 10.3. The molecule has 0 saturated carbocycles. The number of aromatic nitrogens is 3. The second-order valence-electron chi connectivity index (χ2n) is 3.76. The summed E-state index contributed by atoms with van der Waals surface area (Å²) in [6.07, 6.45) is 3.00. The van der Waals surface area contributed by atoms with Gasteiger partial charge in [0.1, 0.15) is 22.0 Å². The molecule has 9 heteroatoms. The molecular weight excluding hydrogens is 282 g/mol. The summed E-state index contributed by atoms with van der Waals surface area (Å²) in [5.41, 5.74) is 11.7. The summed E-state index contributed by atoms with van der Waals surface area (Å²) < 4.78 is 6.09. The Kier molecular flexibility index (Phi) is 3.79. The number of hydrogen-bond acceptors (Lipinski definition) is 7. The molecular formula is C11H13N5O3S. The summed E-state index contributed by atoms with van der Waals surface area (Å²) >= 11 is 1.24. The van der Waals surface area contributed by atoms with E-state index in [1.54, 1.807) is 13.2 Å². The summed E-state index contributed by atoms with van der Waals surface area (Å²) in [6.45, 7) is 1.91. The smallest absolute Gasteiger partial charge is 0.343 e. The highest BCUT2D eigenvalue weighted by Gasteiger charge is 2.22. The Morgan fingerprint density at radius 3 is 2.75 bits per heavy atom. The first-order valence-electron chi connectivity index (χ1n) is 5.69. The van der Waals surface area contributed by atoms with Gasteiger partial charge in [-0.05, 0) is 13.2 Å². The van der Waals surface area contributed by atoms with Crippen LogP contribution in [0.3, 0.4) is 0 Å². The van der Waals surface area contributed by atoms with Gasteiger partial charge in [0.25, 0.3) is 5.91 Å². The van der Waals surface area contributed by atoms with Crippen LogP contribution in [0.15, 0.2) is 11.2 Å². The van der Waals surface area contributed by atoms with Gasteiger partial charge >= 0.3 is 5.97 Å². The summed E-state index contributed by atoms with van der Waals surface area (Å²) in [6, 6.07) is 0. The summed E-state index contributed by atoms with van der Waals surface area (Å²) in [7, 11) is 0. The SMILES string of the molecule is CCOC(=O)c1cnc2c(C(N)=O)c(SC)nn2c1N. The molecule has 0 fully saturated rings. The molecule has 4 N–H and O–H groups in total. The van der Waals surface area contributed by atoms with Crippen molar-refractivity contribution in [3.8, 4) is 0 Å². The molecule has 2 aromatic heterocycles. The van der Waals surface area contributed by atoms with Crippen LogP contribution in [-0.4, -0.2) is 39.3 Å². The Bertz CT molecular complexity index is 697. The zero-order valence-corrected chi connectivity index (χ0v) is 11.7. The van der Waals surface area contributed by atoms with Gasteiger partial charge in [-0.2, -0.15) is 9.61 Å². The first-order chi connectivity index (χ1) is 9.51. The number of hydrogen-bond donors (Lipinski definition) is 2. The molecule has 1 amide bonds. The van der Waals surface area contributed by atoms with Crippen molar-refractivity contribution in [3.05, 3.63) is 17.3 Å². The minimum atomic E-state index is -0.653. The number of ether oxygens (including phenoxy) is 1. The van der Waals surface area contributed by atoms with Crippen LogP contribution in [0.1, 0.15) is 27.6 Å². The van der Waals surface area contributed by atoms with Crippen molar-refractivity contribution in [2.45, 2.75) is 11.9 Å². The van der Waals surface area contributed by atoms with E-state index >= 15 is 0 Å². The maximum atomic E-state index is 11.7. The molecule has 2 aromatic rings. The van der Waals surface area contributed by atoms with Gasteiger partial charge in [0.15, 0.2) is 5.65 Å². The van der Waals surface area contributed by atoms with Crippen molar-refractivity contribution >= 4 is 35.1 Å². The number of primary amides is 1. The van der Waals surface area contributed by atoms with Gasteiger partial charge in [-0.15, -0.1) is 11.8 Å². The number of anilines is 1. The number of rotatable bonds is 4. The second kappa shape index (κ2) is 5.37. The third kappa shape index (κ3) is 2.16. The third-order valence-electron chi connectivity index (χ3n) is 2.58. The van der Waals surface area contributed by atoms with Crippen LogP contribution in [0.25, 0.3) is 5.65 Å². The van der Waals surface area contributed by atoms with Crippen molar-refractivity contribution < 1.29 is 14.3 Å². The molecule has 0 aliphatic carbocycles. The summed E-state index contributed by atoms with van der Waals surface area (Å²) in [5, 5.41) is 4.54. The van der Waals surface area contributed by atoms with Crippen LogP contribution in [0.2, 0.25) is 0 Å². The zero-order chi connectivity index (χ0) is 14.9. The Morgan fingerprint density at radius 1 is 1.50 bits per heavy atom. The maximum absolute atomic E-state index is 11.7. The first-order valence-corrected chi connectivity index (χ1v) is 6.91. The number of nitrogen functional groups attached to an aromatic ring is 1. The lowest BCUT2D eigenvalue weighted by molar-refractivity contribution is 0.0526. The highest BCUT2D eigenvalue weighted by molar-refractivity contribution is 7.98. The predicted molar refractivity (Wildman–Crippen MR) is 73.7 cm³/mol. The number of amides is 1. The number of esters is 1. The molecule has 106 valence electrons. The molecule has 0 atom stereocenters. The molecule has 0 aromatic carbocycles. The summed E-state index contributed by atoms with van der Waals surface area (Å²) in [5.74, 6) is -1.20. The molecule has 8 nitrogen and oxygen atoms in total. The summed E-state index contributed by atoms with van der Waals surface area (Å²) in [4.78, 5) is 27.2. The lowest BCUT2D eigenvalue weighted by Gasteiger charge is -2.06. The van der Waals surface area contributed by atoms with Gasteiger partial charge in [0.05, 0.1) is 6.61 Å². The fraction of sp³-hybridized carbons (Fsp3) is 0.273. The van der Waals surface area contributed by atoms with Gasteiger partial charge in [-0.1, -0.05) is 0 Å². The second-order valence-corrected chi connectivity index (χ2v) is 4.56. The van der Waals surface area contributed by atoms with Crippen molar-refractivity contribution in [1.29, 1.82) is 0 Å². The standard InChI is InChI=1S/C11H13N5O3S/c1-3-19-11(18)5-4-14-9-6(8(13)17)10(20-2)15-16(9)7(5)12/h4H,3,12H2,1-2H3,(H2,13,17). The number of thioether (sulfide) groups is 1. The maximum Gasteiger partial charge on any atom is 0.343 e. The third-order valence-corrected chi connectivity index (χ3v) is 3.26. The van der Waals surface area contributed by atoms with Crippen molar-refractivity contribution in [1.82, 2.24) is 14.6 Å². The average molecular weight is 295 g/mol. The molecule has 0 radical (unpaired) electrons. The van der Waals surface area contributed by atoms with E-state index in [0.29, 0.717) is 5.03 Å².